The molecule has 2 rings (SSSR count). The van der Waals surface area contributed by atoms with Crippen LogP contribution in [0.2, 0.25) is 0 Å². The quantitative estimate of drug-likeness (QED) is 0.656. The van der Waals surface area contributed by atoms with Crippen molar-refractivity contribution in [3.05, 3.63) is 59.2 Å². The van der Waals surface area contributed by atoms with Crippen molar-refractivity contribution in [3.63, 3.8) is 0 Å². The minimum atomic E-state index is -0.0178. The van der Waals surface area contributed by atoms with Gasteiger partial charge in [0.15, 0.2) is 0 Å². The Morgan fingerprint density at radius 1 is 0.696 bits per heavy atom. The fourth-order valence-electron chi connectivity index (χ4n) is 2.35. The van der Waals surface area contributed by atoms with Crippen LogP contribution in [0, 0.1) is 6.92 Å². The summed E-state index contributed by atoms with van der Waals surface area (Å²) in [6, 6.07) is 12.9. The van der Waals surface area contributed by atoms with Crippen LogP contribution in [-0.2, 0) is 10.8 Å². The number of phenolic OH excluding ortho intramolecular Hbond substituents is 2. The van der Waals surface area contributed by atoms with Crippen LogP contribution in [-0.4, -0.2) is 10.2 Å². The van der Waals surface area contributed by atoms with Crippen molar-refractivity contribution >= 4 is 0 Å². The zero-order valence-corrected chi connectivity index (χ0v) is 15.4. The van der Waals surface area contributed by atoms with Crippen molar-refractivity contribution in [1.29, 1.82) is 0 Å². The Hall–Kier alpha value is -1.96. The van der Waals surface area contributed by atoms with E-state index in [2.05, 4.69) is 60.6 Å². The summed E-state index contributed by atoms with van der Waals surface area (Å²) in [6.07, 6.45) is 0. The van der Waals surface area contributed by atoms with Gasteiger partial charge >= 0.3 is 0 Å². The van der Waals surface area contributed by atoms with E-state index in [0.29, 0.717) is 11.5 Å². The lowest BCUT2D eigenvalue weighted by molar-refractivity contribution is 0.423. The normalized spacial score (nSPS) is 11.6. The molecule has 126 valence electrons. The van der Waals surface area contributed by atoms with Crippen LogP contribution in [0.3, 0.4) is 0 Å². The van der Waals surface area contributed by atoms with Crippen molar-refractivity contribution in [2.45, 2.75) is 59.3 Å². The second kappa shape index (κ2) is 7.08. The molecule has 2 heteroatoms. The second-order valence-corrected chi connectivity index (χ2v) is 8.04. The van der Waals surface area contributed by atoms with Crippen LogP contribution in [0.1, 0.15) is 58.2 Å². The average molecular weight is 314 g/mol. The fourth-order valence-corrected chi connectivity index (χ4v) is 2.35. The van der Waals surface area contributed by atoms with Crippen LogP contribution in [0.5, 0.6) is 11.5 Å². The molecule has 2 aromatic rings. The first-order chi connectivity index (χ1) is 10.4. The van der Waals surface area contributed by atoms with E-state index >= 15 is 0 Å². The van der Waals surface area contributed by atoms with E-state index in [4.69, 9.17) is 5.11 Å². The highest BCUT2D eigenvalue weighted by Crippen LogP contribution is 2.39. The van der Waals surface area contributed by atoms with E-state index in [1.807, 2.05) is 6.07 Å². The zero-order valence-electron chi connectivity index (χ0n) is 15.4. The standard InChI is InChI=1S/C15H24O.C6H6O/c1-10-8-11(14(2,3)4)13(16)12(9-10)15(5,6)7;7-6-4-2-1-3-5-6/h8-9,16H,1-7H3;1-5,7H. The molecule has 0 amide bonds. The van der Waals surface area contributed by atoms with Crippen molar-refractivity contribution in [1.82, 2.24) is 0 Å². The lowest BCUT2D eigenvalue weighted by Crippen LogP contribution is -2.17. The van der Waals surface area contributed by atoms with Crippen LogP contribution < -0.4 is 0 Å². The third-order valence-electron chi connectivity index (χ3n) is 3.63. The molecule has 0 radical (unpaired) electrons. The van der Waals surface area contributed by atoms with Gasteiger partial charge in [-0.1, -0.05) is 77.4 Å². The molecule has 23 heavy (non-hydrogen) atoms. The van der Waals surface area contributed by atoms with Gasteiger partial charge in [-0.25, -0.2) is 0 Å². The van der Waals surface area contributed by atoms with Crippen LogP contribution >= 0.6 is 0 Å². The molecule has 0 aromatic heterocycles. The van der Waals surface area contributed by atoms with Crippen molar-refractivity contribution in [3.8, 4) is 11.5 Å². The Kier molecular flexibility index (Phi) is 5.87. The van der Waals surface area contributed by atoms with Gasteiger partial charge in [-0.3, -0.25) is 0 Å². The van der Waals surface area contributed by atoms with Gasteiger partial charge in [-0.15, -0.1) is 0 Å². The molecule has 0 aliphatic rings. The molecule has 2 nitrogen and oxygen atoms in total. The van der Waals surface area contributed by atoms with Crippen LogP contribution in [0.25, 0.3) is 0 Å². The van der Waals surface area contributed by atoms with Gasteiger partial charge in [0, 0.05) is 0 Å². The topological polar surface area (TPSA) is 40.5 Å². The molecule has 0 bridgehead atoms. The van der Waals surface area contributed by atoms with Gasteiger partial charge in [0.05, 0.1) is 0 Å². The predicted octanol–water partition coefficient (Wildman–Crippen LogP) is 5.69. The van der Waals surface area contributed by atoms with Gasteiger partial charge in [0.1, 0.15) is 11.5 Å². The van der Waals surface area contributed by atoms with Crippen LogP contribution in [0.15, 0.2) is 42.5 Å². The Morgan fingerprint density at radius 3 is 1.35 bits per heavy atom. The molecule has 0 aliphatic carbocycles. The summed E-state index contributed by atoms with van der Waals surface area (Å²) in [7, 11) is 0. The maximum atomic E-state index is 10.4. The lowest BCUT2D eigenvalue weighted by Gasteiger charge is -2.27. The average Bonchev–Trinajstić information content (AvgIpc) is 2.40. The molecule has 0 saturated carbocycles. The van der Waals surface area contributed by atoms with Gasteiger partial charge in [-0.05, 0) is 41.0 Å². The van der Waals surface area contributed by atoms with E-state index in [9.17, 15) is 5.11 Å². The Labute approximate surface area is 140 Å². The number of para-hydroxylation sites is 1. The minimum Gasteiger partial charge on any atom is -0.508 e. The molecular weight excluding hydrogens is 284 g/mol. The molecular formula is C21H30O2. The third-order valence-corrected chi connectivity index (χ3v) is 3.63. The number of hydrogen-bond donors (Lipinski definition) is 2. The molecule has 0 fully saturated rings. The maximum Gasteiger partial charge on any atom is 0.123 e. The smallest absolute Gasteiger partial charge is 0.123 e. The van der Waals surface area contributed by atoms with Gasteiger partial charge < -0.3 is 10.2 Å². The summed E-state index contributed by atoms with van der Waals surface area (Å²) in [5.74, 6) is 0.785. The Morgan fingerprint density at radius 2 is 1.09 bits per heavy atom. The molecule has 0 heterocycles. The summed E-state index contributed by atoms with van der Waals surface area (Å²) < 4.78 is 0. The van der Waals surface area contributed by atoms with E-state index in [0.717, 1.165) is 11.1 Å². The summed E-state index contributed by atoms with van der Waals surface area (Å²) in [5, 5.41) is 19.0. The SMILES string of the molecule is Cc1cc(C(C)(C)C)c(O)c(C(C)(C)C)c1.Oc1ccccc1. The molecule has 0 saturated heterocycles. The van der Waals surface area contributed by atoms with Crippen molar-refractivity contribution in [2.24, 2.45) is 0 Å². The van der Waals surface area contributed by atoms with Crippen molar-refractivity contribution < 1.29 is 10.2 Å². The van der Waals surface area contributed by atoms with Crippen molar-refractivity contribution in [2.75, 3.05) is 0 Å². The Balaban J connectivity index is 0.000000313. The summed E-state index contributed by atoms with van der Waals surface area (Å²) in [6.45, 7) is 14.9. The van der Waals surface area contributed by atoms with E-state index in [1.54, 1.807) is 24.3 Å². The first-order valence-electron chi connectivity index (χ1n) is 8.01. The van der Waals surface area contributed by atoms with Gasteiger partial charge in [0.2, 0.25) is 0 Å². The molecule has 0 spiro atoms. The highest BCUT2D eigenvalue weighted by atomic mass is 16.3. The molecule has 0 unspecified atom stereocenters. The second-order valence-electron chi connectivity index (χ2n) is 8.04. The largest absolute Gasteiger partial charge is 0.508 e. The van der Waals surface area contributed by atoms with Crippen LogP contribution in [0.4, 0.5) is 0 Å². The highest BCUT2D eigenvalue weighted by molar-refractivity contribution is 5.49. The minimum absolute atomic E-state index is 0.0178. The van der Waals surface area contributed by atoms with E-state index in [1.165, 1.54) is 5.56 Å². The van der Waals surface area contributed by atoms with E-state index < -0.39 is 0 Å². The van der Waals surface area contributed by atoms with Gasteiger partial charge in [-0.2, -0.15) is 0 Å². The zero-order chi connectivity index (χ0) is 17.8. The third kappa shape index (κ3) is 5.63. The Bertz CT molecular complexity index is 594. The highest BCUT2D eigenvalue weighted by Gasteiger charge is 2.25. The fraction of sp³-hybridized carbons (Fsp3) is 0.429. The number of aromatic hydroxyl groups is 2. The lowest BCUT2D eigenvalue weighted by atomic mass is 9.78. The summed E-state index contributed by atoms with van der Waals surface area (Å²) in [4.78, 5) is 0. The number of phenols is 2. The number of rotatable bonds is 0. The number of aryl methyl sites for hydroxylation is 1. The van der Waals surface area contributed by atoms with E-state index in [-0.39, 0.29) is 10.8 Å². The molecule has 2 N–H and O–H groups in total. The monoisotopic (exact) mass is 314 g/mol. The molecule has 0 atom stereocenters. The number of benzene rings is 2. The summed E-state index contributed by atoms with van der Waals surface area (Å²) >= 11 is 0. The summed E-state index contributed by atoms with van der Waals surface area (Å²) in [5.41, 5.74) is 3.26. The first kappa shape index (κ1) is 19.1. The first-order valence-corrected chi connectivity index (χ1v) is 8.01. The predicted molar refractivity (Wildman–Crippen MR) is 98.4 cm³/mol. The maximum absolute atomic E-state index is 10.4. The number of hydrogen-bond acceptors (Lipinski definition) is 2. The van der Waals surface area contributed by atoms with Gasteiger partial charge in [0.25, 0.3) is 0 Å². The molecule has 2 aromatic carbocycles. The molecule has 0 aliphatic heterocycles.